The van der Waals surface area contributed by atoms with Crippen molar-refractivity contribution in [2.24, 2.45) is 0 Å². The van der Waals surface area contributed by atoms with Crippen molar-refractivity contribution in [3.05, 3.63) is 84.8 Å². The molecule has 1 nitrogen and oxygen atoms in total. The summed E-state index contributed by atoms with van der Waals surface area (Å²) in [4.78, 5) is 0. The van der Waals surface area contributed by atoms with E-state index < -0.39 is 0 Å². The summed E-state index contributed by atoms with van der Waals surface area (Å²) < 4.78 is 5.33. The van der Waals surface area contributed by atoms with Crippen molar-refractivity contribution < 1.29 is 4.74 Å². The van der Waals surface area contributed by atoms with Crippen molar-refractivity contribution in [2.45, 2.75) is 25.7 Å². The van der Waals surface area contributed by atoms with Gasteiger partial charge in [-0.15, -0.1) is 0 Å². The molecular weight excluding hydrogens is 268 g/mol. The highest BCUT2D eigenvalue weighted by Crippen LogP contribution is 2.37. The summed E-state index contributed by atoms with van der Waals surface area (Å²) in [5.41, 5.74) is 2.31. The summed E-state index contributed by atoms with van der Waals surface area (Å²) in [5, 5.41) is 0. The highest BCUT2D eigenvalue weighted by molar-refractivity contribution is 5.46. The molecule has 0 aliphatic heterocycles. The molecule has 0 N–H and O–H groups in total. The Morgan fingerprint density at radius 2 is 1.68 bits per heavy atom. The highest BCUT2D eigenvalue weighted by atomic mass is 16.5. The lowest BCUT2D eigenvalue weighted by atomic mass is 9.72. The normalized spacial score (nSPS) is 13.2. The van der Waals surface area contributed by atoms with Crippen LogP contribution >= 0.6 is 0 Å². The van der Waals surface area contributed by atoms with E-state index in [1.165, 1.54) is 11.1 Å². The fourth-order valence-electron chi connectivity index (χ4n) is 2.75. The predicted molar refractivity (Wildman–Crippen MR) is 92.5 cm³/mol. The summed E-state index contributed by atoms with van der Waals surface area (Å²) in [7, 11) is 0. The van der Waals surface area contributed by atoms with E-state index >= 15 is 0 Å². The third-order valence-corrected chi connectivity index (χ3v) is 3.89. The molecule has 0 heterocycles. The molecule has 0 bridgehead atoms. The minimum absolute atomic E-state index is 0.169. The second-order valence-electron chi connectivity index (χ2n) is 5.07. The first-order valence-electron chi connectivity index (χ1n) is 7.48. The number of benzene rings is 2. The van der Waals surface area contributed by atoms with Gasteiger partial charge in [-0.3, -0.25) is 0 Å². The van der Waals surface area contributed by atoms with E-state index in [4.69, 9.17) is 4.74 Å². The van der Waals surface area contributed by atoms with Gasteiger partial charge in [0.1, 0.15) is 11.9 Å². The summed E-state index contributed by atoms with van der Waals surface area (Å²) in [6.07, 6.45) is 7.63. The Morgan fingerprint density at radius 3 is 2.23 bits per heavy atom. The lowest BCUT2D eigenvalue weighted by Crippen LogP contribution is -2.24. The number of hydrogen-bond acceptors (Lipinski definition) is 1. The van der Waals surface area contributed by atoms with Crippen LogP contribution in [0, 0.1) is 19.0 Å². The third-order valence-electron chi connectivity index (χ3n) is 3.89. The molecular formula is C21H21O. The Balaban J connectivity index is 2.47. The van der Waals surface area contributed by atoms with Gasteiger partial charge in [-0.05, 0) is 36.6 Å². The Bertz CT molecular complexity index is 671. The SMILES string of the molecule is [CH2]C=CC(CC)(c1ccccc1)c1ccc(OC#CC)cc1. The standard InChI is InChI=1S/C21H21O/c1-4-16-21(6-3,18-10-8-7-9-11-18)19-12-14-20(15-13-19)22-17-5-2/h4,7-16H,1,6H2,2-3H3. The lowest BCUT2D eigenvalue weighted by Gasteiger charge is -2.31. The molecule has 0 saturated carbocycles. The Hall–Kier alpha value is -2.46. The molecule has 0 aliphatic rings. The smallest absolute Gasteiger partial charge is 0.140 e. The largest absolute Gasteiger partial charge is 0.408 e. The van der Waals surface area contributed by atoms with E-state index in [0.29, 0.717) is 0 Å². The monoisotopic (exact) mass is 289 g/mol. The molecule has 2 aromatic rings. The maximum atomic E-state index is 5.33. The van der Waals surface area contributed by atoms with Crippen molar-refractivity contribution in [3.63, 3.8) is 0 Å². The fraction of sp³-hybridized carbons (Fsp3) is 0.190. The zero-order valence-corrected chi connectivity index (χ0v) is 13.2. The molecule has 1 heteroatoms. The van der Waals surface area contributed by atoms with E-state index in [9.17, 15) is 0 Å². The molecule has 1 unspecified atom stereocenters. The lowest BCUT2D eigenvalue weighted by molar-refractivity contribution is 0.518. The van der Waals surface area contributed by atoms with E-state index in [2.05, 4.69) is 68.3 Å². The van der Waals surface area contributed by atoms with Gasteiger partial charge < -0.3 is 4.74 Å². The van der Waals surface area contributed by atoms with Gasteiger partial charge in [0.25, 0.3) is 0 Å². The molecule has 2 aromatic carbocycles. The number of rotatable bonds is 5. The van der Waals surface area contributed by atoms with Gasteiger partial charge in [0.05, 0.1) is 0 Å². The van der Waals surface area contributed by atoms with E-state index in [-0.39, 0.29) is 5.41 Å². The van der Waals surface area contributed by atoms with E-state index in [1.807, 2.05) is 24.3 Å². The van der Waals surface area contributed by atoms with Crippen LogP contribution in [-0.4, -0.2) is 0 Å². The molecule has 0 amide bonds. The molecule has 2 rings (SSSR count). The average Bonchev–Trinajstić information content (AvgIpc) is 2.59. The molecule has 0 spiro atoms. The number of ether oxygens (including phenoxy) is 1. The first kappa shape index (κ1) is 15.9. The van der Waals surface area contributed by atoms with Crippen molar-refractivity contribution in [2.75, 3.05) is 0 Å². The van der Waals surface area contributed by atoms with Gasteiger partial charge in [-0.25, -0.2) is 0 Å². The Labute approximate surface area is 133 Å². The quantitative estimate of drug-likeness (QED) is 0.693. The van der Waals surface area contributed by atoms with Gasteiger partial charge in [0.2, 0.25) is 0 Å². The molecule has 1 atom stereocenters. The van der Waals surface area contributed by atoms with Crippen LogP contribution in [0.2, 0.25) is 0 Å². The predicted octanol–water partition coefficient (Wildman–Crippen LogP) is 5.13. The van der Waals surface area contributed by atoms with Crippen LogP contribution in [0.4, 0.5) is 0 Å². The molecule has 0 aliphatic carbocycles. The van der Waals surface area contributed by atoms with Gasteiger partial charge in [0.15, 0.2) is 0 Å². The van der Waals surface area contributed by atoms with Gasteiger partial charge in [-0.1, -0.05) is 67.5 Å². The van der Waals surface area contributed by atoms with E-state index in [1.54, 1.807) is 6.92 Å². The van der Waals surface area contributed by atoms with Gasteiger partial charge in [0, 0.05) is 12.3 Å². The fourth-order valence-corrected chi connectivity index (χ4v) is 2.75. The first-order valence-corrected chi connectivity index (χ1v) is 7.48. The maximum absolute atomic E-state index is 5.33. The number of hydrogen-bond donors (Lipinski definition) is 0. The maximum Gasteiger partial charge on any atom is 0.140 e. The van der Waals surface area contributed by atoms with Crippen LogP contribution < -0.4 is 4.74 Å². The summed E-state index contributed by atoms with van der Waals surface area (Å²) in [6.45, 7) is 7.85. The summed E-state index contributed by atoms with van der Waals surface area (Å²) >= 11 is 0. The van der Waals surface area contributed by atoms with Crippen LogP contribution in [0.1, 0.15) is 31.4 Å². The average molecular weight is 289 g/mol. The van der Waals surface area contributed by atoms with E-state index in [0.717, 1.165) is 12.2 Å². The summed E-state index contributed by atoms with van der Waals surface area (Å²) in [6, 6.07) is 18.6. The van der Waals surface area contributed by atoms with Crippen LogP contribution in [0.15, 0.2) is 66.7 Å². The van der Waals surface area contributed by atoms with Crippen molar-refractivity contribution >= 4 is 0 Å². The van der Waals surface area contributed by atoms with Crippen molar-refractivity contribution in [1.29, 1.82) is 0 Å². The van der Waals surface area contributed by atoms with Crippen LogP contribution in [-0.2, 0) is 5.41 Å². The van der Waals surface area contributed by atoms with Crippen LogP contribution in [0.5, 0.6) is 5.75 Å². The second kappa shape index (κ2) is 7.52. The topological polar surface area (TPSA) is 9.23 Å². The van der Waals surface area contributed by atoms with Crippen molar-refractivity contribution in [1.82, 2.24) is 0 Å². The zero-order valence-electron chi connectivity index (χ0n) is 13.2. The zero-order chi connectivity index (χ0) is 15.8. The Morgan fingerprint density at radius 1 is 1.05 bits per heavy atom. The molecule has 0 aromatic heterocycles. The highest BCUT2D eigenvalue weighted by Gasteiger charge is 2.29. The minimum atomic E-state index is -0.169. The summed E-state index contributed by atoms with van der Waals surface area (Å²) in [5.74, 6) is 3.49. The second-order valence-corrected chi connectivity index (χ2v) is 5.07. The van der Waals surface area contributed by atoms with Gasteiger partial charge >= 0.3 is 0 Å². The molecule has 22 heavy (non-hydrogen) atoms. The molecule has 1 radical (unpaired) electrons. The molecule has 0 saturated heterocycles. The number of allylic oxidation sites excluding steroid dienone is 2. The van der Waals surface area contributed by atoms with Crippen molar-refractivity contribution in [3.8, 4) is 17.8 Å². The Kier molecular flexibility index (Phi) is 5.44. The minimum Gasteiger partial charge on any atom is -0.408 e. The first-order chi connectivity index (χ1) is 10.8. The van der Waals surface area contributed by atoms with Gasteiger partial charge in [-0.2, -0.15) is 0 Å². The molecule has 0 fully saturated rings. The van der Waals surface area contributed by atoms with Crippen LogP contribution in [0.25, 0.3) is 0 Å². The van der Waals surface area contributed by atoms with Crippen LogP contribution in [0.3, 0.4) is 0 Å². The molecule has 111 valence electrons. The third kappa shape index (κ3) is 3.23.